The van der Waals surface area contributed by atoms with Crippen molar-refractivity contribution in [2.24, 2.45) is 0 Å². The minimum absolute atomic E-state index is 0.0408. The van der Waals surface area contributed by atoms with Crippen LogP contribution in [0.3, 0.4) is 0 Å². The third-order valence-electron chi connectivity index (χ3n) is 12.0. The quantitative estimate of drug-likeness (QED) is 0.123. The Morgan fingerprint density at radius 1 is 0.571 bits per heavy atom. The zero-order valence-corrected chi connectivity index (χ0v) is 32.1. The Kier molecular flexibility index (Phi) is 10.4. The molecule has 0 atom stereocenters. The minimum atomic E-state index is -0.0890. The summed E-state index contributed by atoms with van der Waals surface area (Å²) in [6, 6.07) is 23.1. The number of fused-ring (bicyclic) bond motifs is 8. The van der Waals surface area contributed by atoms with E-state index in [4.69, 9.17) is 4.74 Å². The molecule has 8 heterocycles. The first-order valence-electron chi connectivity index (χ1n) is 20.7. The molecule has 2 fully saturated rings. The van der Waals surface area contributed by atoms with Crippen LogP contribution in [0.15, 0.2) is 90.0 Å². The molecule has 4 aromatic heterocycles. The van der Waals surface area contributed by atoms with Gasteiger partial charge in [0.25, 0.3) is 11.8 Å². The number of unbranched alkanes of at least 4 members (excludes halogenated alkanes) is 2. The SMILES string of the molecule is O=C1c2c(c(=O)c3ccccc3n2CCCCN2CCCCC2)-c2cccn21.O=C1c2nc3ccccc3c(OCCCCN3CCCCC3)c2-c2cccn21. The Labute approximate surface area is 327 Å². The number of hydrogen-bond donors (Lipinski definition) is 0. The number of ether oxygens (including phenoxy) is 1. The smallest absolute Gasteiger partial charge is 0.281 e. The second kappa shape index (κ2) is 16.0. The predicted molar refractivity (Wildman–Crippen MR) is 221 cm³/mol. The van der Waals surface area contributed by atoms with Crippen molar-refractivity contribution in [2.45, 2.75) is 70.8 Å². The number of aromatic nitrogens is 4. The number of likely N-dealkylation sites (tertiary alicyclic amines) is 2. The van der Waals surface area contributed by atoms with Gasteiger partial charge in [-0.25, -0.2) is 4.98 Å². The molecule has 10 rings (SSSR count). The summed E-state index contributed by atoms with van der Waals surface area (Å²) in [7, 11) is 0. The van der Waals surface area contributed by atoms with Crippen LogP contribution in [0.4, 0.5) is 0 Å². The molecule has 56 heavy (non-hydrogen) atoms. The van der Waals surface area contributed by atoms with Gasteiger partial charge in [-0.3, -0.25) is 23.5 Å². The maximum Gasteiger partial charge on any atom is 0.281 e. The van der Waals surface area contributed by atoms with Crippen LogP contribution in [0.2, 0.25) is 0 Å². The number of hydrogen-bond acceptors (Lipinski definition) is 7. The fourth-order valence-corrected chi connectivity index (χ4v) is 9.15. The number of para-hydroxylation sites is 2. The van der Waals surface area contributed by atoms with Crippen molar-refractivity contribution in [1.29, 1.82) is 0 Å². The van der Waals surface area contributed by atoms with Gasteiger partial charge in [0.2, 0.25) is 0 Å². The molecule has 4 aliphatic rings. The van der Waals surface area contributed by atoms with Crippen LogP contribution in [-0.4, -0.2) is 86.2 Å². The fourth-order valence-electron chi connectivity index (χ4n) is 9.15. The summed E-state index contributed by atoms with van der Waals surface area (Å²) in [5, 5.41) is 1.67. The van der Waals surface area contributed by atoms with E-state index in [1.807, 2.05) is 72.8 Å². The van der Waals surface area contributed by atoms with Crippen molar-refractivity contribution < 1.29 is 14.3 Å². The largest absolute Gasteiger partial charge is 0.492 e. The number of benzene rings is 2. The highest BCUT2D eigenvalue weighted by molar-refractivity contribution is 6.12. The van der Waals surface area contributed by atoms with Gasteiger partial charge in [0.15, 0.2) is 5.43 Å². The second-order valence-corrected chi connectivity index (χ2v) is 15.6. The van der Waals surface area contributed by atoms with Crippen LogP contribution >= 0.6 is 0 Å². The van der Waals surface area contributed by atoms with E-state index in [-0.39, 0.29) is 17.2 Å². The Bertz CT molecular complexity index is 2460. The molecule has 10 nitrogen and oxygen atoms in total. The number of pyridine rings is 2. The Morgan fingerprint density at radius 2 is 1.16 bits per heavy atom. The molecule has 0 spiro atoms. The number of carbonyl (C=O) groups is 2. The molecule has 0 aliphatic carbocycles. The summed E-state index contributed by atoms with van der Waals surface area (Å²) >= 11 is 0. The first-order valence-corrected chi connectivity index (χ1v) is 20.7. The third kappa shape index (κ3) is 6.79. The van der Waals surface area contributed by atoms with Gasteiger partial charge < -0.3 is 19.1 Å². The molecule has 0 unspecified atom stereocenters. The van der Waals surface area contributed by atoms with Crippen molar-refractivity contribution in [2.75, 3.05) is 45.9 Å². The van der Waals surface area contributed by atoms with Gasteiger partial charge in [0.1, 0.15) is 17.1 Å². The van der Waals surface area contributed by atoms with E-state index in [0.29, 0.717) is 28.9 Å². The van der Waals surface area contributed by atoms with Gasteiger partial charge in [-0.15, -0.1) is 0 Å². The molecular weight excluding hydrogens is 701 g/mol. The first-order chi connectivity index (χ1) is 27.6. The lowest BCUT2D eigenvalue weighted by molar-refractivity contribution is 0.0954. The van der Waals surface area contributed by atoms with Crippen molar-refractivity contribution in [1.82, 2.24) is 28.5 Å². The van der Waals surface area contributed by atoms with Crippen molar-refractivity contribution in [3.05, 3.63) is 107 Å². The topological polar surface area (TPSA) is 94.6 Å². The first kappa shape index (κ1) is 36.3. The molecule has 0 amide bonds. The Morgan fingerprint density at radius 3 is 1.88 bits per heavy atom. The number of piperidine rings is 2. The molecule has 4 aliphatic heterocycles. The van der Waals surface area contributed by atoms with E-state index in [9.17, 15) is 14.4 Å². The van der Waals surface area contributed by atoms with Crippen LogP contribution in [0.1, 0.15) is 85.2 Å². The Balaban J connectivity index is 0.000000146. The molecule has 0 N–H and O–H groups in total. The number of carbonyl (C=O) groups excluding carboxylic acids is 2. The number of nitrogens with zero attached hydrogens (tertiary/aromatic N) is 6. The van der Waals surface area contributed by atoms with Gasteiger partial charge in [0, 0.05) is 29.7 Å². The normalized spacial score (nSPS) is 16.4. The lowest BCUT2D eigenvalue weighted by Crippen LogP contribution is -2.30. The van der Waals surface area contributed by atoms with E-state index in [1.165, 1.54) is 64.7 Å². The average molecular weight is 751 g/mol. The number of aryl methyl sites for hydroxylation is 1. The van der Waals surface area contributed by atoms with E-state index >= 15 is 0 Å². The van der Waals surface area contributed by atoms with Gasteiger partial charge in [-0.1, -0.05) is 37.1 Å². The maximum absolute atomic E-state index is 13.1. The molecule has 0 radical (unpaired) electrons. The Hall–Kier alpha value is -5.32. The van der Waals surface area contributed by atoms with Crippen molar-refractivity contribution >= 4 is 33.6 Å². The zero-order chi connectivity index (χ0) is 38.0. The molecule has 0 saturated carbocycles. The van der Waals surface area contributed by atoms with Gasteiger partial charge in [-0.05, 0) is 139 Å². The summed E-state index contributed by atoms with van der Waals surface area (Å²) in [5.74, 6) is 0.633. The second-order valence-electron chi connectivity index (χ2n) is 15.6. The predicted octanol–water partition coefficient (Wildman–Crippen LogP) is 8.09. The standard InChI is InChI=1S/2C23H25N3O2/c27-23-21-20(19-11-8-15-26(19)23)22(17-9-2-3-10-18(17)24-21)28-16-7-6-14-25-12-4-1-5-13-25;27-22-17-9-2-3-10-18(17)25(15-7-6-14-24-12-4-1-5-13-24)21-20(22)19-11-8-16-26(19)23(21)28/h2-3,8-11,15H,1,4-7,12-14,16H2;2-3,8-11,16H,1,4-7,12-15H2. The van der Waals surface area contributed by atoms with E-state index < -0.39 is 0 Å². The summed E-state index contributed by atoms with van der Waals surface area (Å²) in [4.78, 5) is 48.7. The van der Waals surface area contributed by atoms with E-state index in [1.54, 1.807) is 21.5 Å². The van der Waals surface area contributed by atoms with Crippen LogP contribution < -0.4 is 10.2 Å². The van der Waals surface area contributed by atoms with Crippen LogP contribution in [-0.2, 0) is 6.54 Å². The molecule has 2 saturated heterocycles. The highest BCUT2D eigenvalue weighted by Gasteiger charge is 2.34. The van der Waals surface area contributed by atoms with Crippen molar-refractivity contribution in [3.8, 4) is 28.3 Å². The molecule has 2 aromatic carbocycles. The fraction of sp³-hybridized carbons (Fsp3) is 0.391. The summed E-state index contributed by atoms with van der Waals surface area (Å²) < 4.78 is 11.7. The molecule has 288 valence electrons. The maximum atomic E-state index is 13.1. The molecular formula is C46H50N6O4. The number of rotatable bonds is 11. The average Bonchev–Trinajstić information content (AvgIpc) is 4.03. The lowest BCUT2D eigenvalue weighted by atomic mass is 10.1. The monoisotopic (exact) mass is 750 g/mol. The third-order valence-corrected chi connectivity index (χ3v) is 12.0. The zero-order valence-electron chi connectivity index (χ0n) is 32.1. The lowest BCUT2D eigenvalue weighted by Gasteiger charge is -2.26. The minimum Gasteiger partial charge on any atom is -0.492 e. The highest BCUT2D eigenvalue weighted by atomic mass is 16.5. The van der Waals surface area contributed by atoms with Crippen molar-refractivity contribution in [3.63, 3.8) is 0 Å². The molecule has 0 bridgehead atoms. The van der Waals surface area contributed by atoms with Crippen LogP contribution in [0.25, 0.3) is 44.3 Å². The van der Waals surface area contributed by atoms with Crippen LogP contribution in [0, 0.1) is 0 Å². The summed E-state index contributed by atoms with van der Waals surface area (Å²) in [6.45, 7) is 8.59. The molecule has 10 heteroatoms. The summed E-state index contributed by atoms with van der Waals surface area (Å²) in [5.41, 5.74) is 5.68. The van der Waals surface area contributed by atoms with Crippen LogP contribution in [0.5, 0.6) is 5.75 Å². The molecule has 6 aromatic rings. The van der Waals surface area contributed by atoms with E-state index in [2.05, 4.69) is 19.4 Å². The van der Waals surface area contributed by atoms with E-state index in [0.717, 1.165) is 84.4 Å². The summed E-state index contributed by atoms with van der Waals surface area (Å²) in [6.07, 6.45) is 15.8. The highest BCUT2D eigenvalue weighted by Crippen LogP contribution is 2.42. The van der Waals surface area contributed by atoms with Gasteiger partial charge >= 0.3 is 0 Å². The van der Waals surface area contributed by atoms with Gasteiger partial charge in [0.05, 0.1) is 40.2 Å². The van der Waals surface area contributed by atoms with Gasteiger partial charge in [-0.2, -0.15) is 0 Å².